The van der Waals surface area contributed by atoms with E-state index in [0.717, 1.165) is 30.8 Å². The molecule has 1 aromatic heterocycles. The summed E-state index contributed by atoms with van der Waals surface area (Å²) >= 11 is 0. The molecule has 0 unspecified atom stereocenters. The minimum atomic E-state index is -0.572. The number of likely N-dealkylation sites (tertiary alicyclic amines) is 1. The second kappa shape index (κ2) is 7.09. The third-order valence-corrected chi connectivity index (χ3v) is 5.46. The van der Waals surface area contributed by atoms with Crippen molar-refractivity contribution >= 4 is 5.91 Å². The number of hydrogen-bond donors (Lipinski definition) is 0. The van der Waals surface area contributed by atoms with Gasteiger partial charge in [-0.3, -0.25) is 9.36 Å². The number of benzene rings is 1. The maximum absolute atomic E-state index is 13.3. The summed E-state index contributed by atoms with van der Waals surface area (Å²) in [4.78, 5) is 27.4. The Labute approximate surface area is 154 Å². The second-order valence-corrected chi connectivity index (χ2v) is 7.59. The molecule has 140 valence electrons. The molecule has 6 nitrogen and oxygen atoms in total. The molecule has 6 heteroatoms. The van der Waals surface area contributed by atoms with Gasteiger partial charge in [-0.05, 0) is 39.2 Å². The van der Waals surface area contributed by atoms with E-state index in [1.165, 1.54) is 4.68 Å². The zero-order chi connectivity index (χ0) is 18.9. The Morgan fingerprint density at radius 3 is 2.62 bits per heavy atom. The van der Waals surface area contributed by atoms with E-state index >= 15 is 0 Å². The Morgan fingerprint density at radius 2 is 1.96 bits per heavy atom. The molecule has 0 saturated carbocycles. The SMILES string of the molecule is CCn1c([C@H]2CCCN(C(=O)C(C)(C)c3ccccc3)C2)nn(C)c1=O. The van der Waals surface area contributed by atoms with Gasteiger partial charge in [-0.2, -0.15) is 5.10 Å². The quantitative estimate of drug-likeness (QED) is 0.844. The zero-order valence-corrected chi connectivity index (χ0v) is 16.1. The van der Waals surface area contributed by atoms with Crippen LogP contribution in [0.5, 0.6) is 0 Å². The highest BCUT2D eigenvalue weighted by Gasteiger charge is 2.37. The molecule has 3 rings (SSSR count). The Hall–Kier alpha value is -2.37. The molecule has 1 amide bonds. The number of carbonyl (C=O) groups excluding carboxylic acids is 1. The first-order chi connectivity index (χ1) is 12.4. The van der Waals surface area contributed by atoms with Crippen LogP contribution in [0.2, 0.25) is 0 Å². The molecule has 26 heavy (non-hydrogen) atoms. The molecule has 0 radical (unpaired) electrons. The molecular formula is C20H28N4O2. The minimum Gasteiger partial charge on any atom is -0.341 e. The van der Waals surface area contributed by atoms with Crippen molar-refractivity contribution in [1.29, 1.82) is 0 Å². The first-order valence-corrected chi connectivity index (χ1v) is 9.35. The summed E-state index contributed by atoms with van der Waals surface area (Å²) in [6.07, 6.45) is 1.88. The average molecular weight is 356 g/mol. The highest BCUT2D eigenvalue weighted by molar-refractivity contribution is 5.87. The van der Waals surface area contributed by atoms with Crippen molar-refractivity contribution in [3.8, 4) is 0 Å². The molecule has 1 saturated heterocycles. The zero-order valence-electron chi connectivity index (χ0n) is 16.1. The fourth-order valence-electron chi connectivity index (χ4n) is 3.87. The van der Waals surface area contributed by atoms with Crippen LogP contribution in [0.3, 0.4) is 0 Å². The van der Waals surface area contributed by atoms with Crippen LogP contribution in [0.25, 0.3) is 0 Å². The number of hydrogen-bond acceptors (Lipinski definition) is 3. The first-order valence-electron chi connectivity index (χ1n) is 9.35. The van der Waals surface area contributed by atoms with E-state index in [-0.39, 0.29) is 17.5 Å². The molecule has 1 aromatic carbocycles. The van der Waals surface area contributed by atoms with Crippen LogP contribution >= 0.6 is 0 Å². The van der Waals surface area contributed by atoms with Gasteiger partial charge in [0.2, 0.25) is 5.91 Å². The molecule has 0 bridgehead atoms. The normalized spacial score (nSPS) is 18.2. The fourth-order valence-corrected chi connectivity index (χ4v) is 3.87. The standard InChI is InChI=1S/C20H28N4O2/c1-5-24-17(21-22(4)19(24)26)15-10-9-13-23(14-15)18(25)20(2,3)16-11-7-6-8-12-16/h6-8,11-12,15H,5,9-10,13-14H2,1-4H3/t15-/m0/s1. The number of amides is 1. The lowest BCUT2D eigenvalue weighted by atomic mass is 9.82. The lowest BCUT2D eigenvalue weighted by molar-refractivity contribution is -0.137. The molecule has 1 aliphatic heterocycles. The van der Waals surface area contributed by atoms with Gasteiger partial charge in [0.25, 0.3) is 0 Å². The molecule has 0 aliphatic carbocycles. The number of aromatic nitrogens is 3. The van der Waals surface area contributed by atoms with Crippen LogP contribution in [-0.4, -0.2) is 38.2 Å². The highest BCUT2D eigenvalue weighted by Crippen LogP contribution is 2.31. The van der Waals surface area contributed by atoms with E-state index in [4.69, 9.17) is 0 Å². The van der Waals surface area contributed by atoms with Crippen LogP contribution in [0.4, 0.5) is 0 Å². The molecule has 1 atom stereocenters. The topological polar surface area (TPSA) is 60.1 Å². The van der Waals surface area contributed by atoms with E-state index in [2.05, 4.69) is 5.10 Å². The summed E-state index contributed by atoms with van der Waals surface area (Å²) in [5.74, 6) is 1.04. The van der Waals surface area contributed by atoms with Gasteiger partial charge in [-0.15, -0.1) is 0 Å². The van der Waals surface area contributed by atoms with Gasteiger partial charge in [0.15, 0.2) is 0 Å². The number of rotatable bonds is 4. The molecule has 0 N–H and O–H groups in total. The van der Waals surface area contributed by atoms with Crippen molar-refractivity contribution < 1.29 is 4.79 Å². The van der Waals surface area contributed by atoms with Gasteiger partial charge in [-0.25, -0.2) is 9.48 Å². The molecule has 1 fully saturated rings. The molecule has 2 heterocycles. The summed E-state index contributed by atoms with van der Waals surface area (Å²) < 4.78 is 3.12. The van der Waals surface area contributed by atoms with Gasteiger partial charge in [0.1, 0.15) is 5.82 Å². The van der Waals surface area contributed by atoms with Crippen molar-refractivity contribution in [1.82, 2.24) is 19.2 Å². The van der Waals surface area contributed by atoms with Crippen LogP contribution < -0.4 is 5.69 Å². The lowest BCUT2D eigenvalue weighted by Crippen LogP contribution is -2.47. The molecule has 2 aromatic rings. The minimum absolute atomic E-state index is 0.0874. The van der Waals surface area contributed by atoms with Crippen molar-refractivity contribution in [3.05, 3.63) is 52.2 Å². The van der Waals surface area contributed by atoms with E-state index in [1.54, 1.807) is 11.6 Å². The smallest absolute Gasteiger partial charge is 0.341 e. The van der Waals surface area contributed by atoms with Gasteiger partial charge >= 0.3 is 5.69 Å². The monoisotopic (exact) mass is 356 g/mol. The van der Waals surface area contributed by atoms with Crippen LogP contribution in [0.15, 0.2) is 35.1 Å². The van der Waals surface area contributed by atoms with Crippen LogP contribution in [0, 0.1) is 0 Å². The Kier molecular flexibility index (Phi) is 5.03. The Bertz CT molecular complexity index is 835. The molecule has 1 aliphatic rings. The summed E-state index contributed by atoms with van der Waals surface area (Å²) in [6.45, 7) is 7.90. The van der Waals surface area contributed by atoms with E-state index in [1.807, 2.05) is 56.0 Å². The van der Waals surface area contributed by atoms with Crippen LogP contribution in [-0.2, 0) is 23.8 Å². The highest BCUT2D eigenvalue weighted by atomic mass is 16.2. The number of nitrogens with zero attached hydrogens (tertiary/aromatic N) is 4. The number of carbonyl (C=O) groups is 1. The predicted octanol–water partition coefficient (Wildman–Crippen LogP) is 2.29. The van der Waals surface area contributed by atoms with Crippen molar-refractivity contribution in [2.45, 2.75) is 51.5 Å². The van der Waals surface area contributed by atoms with E-state index in [9.17, 15) is 9.59 Å². The molecule has 0 spiro atoms. The maximum Gasteiger partial charge on any atom is 0.345 e. The third-order valence-electron chi connectivity index (χ3n) is 5.46. The largest absolute Gasteiger partial charge is 0.345 e. The van der Waals surface area contributed by atoms with Gasteiger partial charge < -0.3 is 4.90 Å². The lowest BCUT2D eigenvalue weighted by Gasteiger charge is -2.37. The predicted molar refractivity (Wildman–Crippen MR) is 101 cm³/mol. The summed E-state index contributed by atoms with van der Waals surface area (Å²) in [7, 11) is 1.68. The second-order valence-electron chi connectivity index (χ2n) is 7.59. The Morgan fingerprint density at radius 1 is 1.27 bits per heavy atom. The summed E-state index contributed by atoms with van der Waals surface area (Å²) in [5.41, 5.74) is 0.364. The van der Waals surface area contributed by atoms with E-state index < -0.39 is 5.41 Å². The Balaban J connectivity index is 1.84. The van der Waals surface area contributed by atoms with Crippen molar-refractivity contribution in [2.24, 2.45) is 7.05 Å². The first kappa shape index (κ1) is 18.4. The molecular weight excluding hydrogens is 328 g/mol. The van der Waals surface area contributed by atoms with Crippen molar-refractivity contribution in [2.75, 3.05) is 13.1 Å². The van der Waals surface area contributed by atoms with E-state index in [0.29, 0.717) is 13.1 Å². The van der Waals surface area contributed by atoms with Gasteiger partial charge in [0, 0.05) is 32.6 Å². The number of aryl methyl sites for hydroxylation is 1. The van der Waals surface area contributed by atoms with Gasteiger partial charge in [-0.1, -0.05) is 30.3 Å². The fraction of sp³-hybridized carbons (Fsp3) is 0.550. The summed E-state index contributed by atoms with van der Waals surface area (Å²) in [6, 6.07) is 9.92. The van der Waals surface area contributed by atoms with Crippen molar-refractivity contribution in [3.63, 3.8) is 0 Å². The third kappa shape index (κ3) is 3.20. The average Bonchev–Trinajstić information content (AvgIpc) is 2.96. The number of piperidine rings is 1. The summed E-state index contributed by atoms with van der Waals surface area (Å²) in [5, 5.41) is 4.45. The van der Waals surface area contributed by atoms with Crippen LogP contribution in [0.1, 0.15) is 50.9 Å². The van der Waals surface area contributed by atoms with Gasteiger partial charge in [0.05, 0.1) is 5.41 Å². The maximum atomic E-state index is 13.3.